The van der Waals surface area contributed by atoms with Crippen molar-refractivity contribution in [3.05, 3.63) is 72.7 Å². The number of thiophene rings is 1. The molecule has 0 aliphatic heterocycles. The van der Waals surface area contributed by atoms with Gasteiger partial charge in [-0.2, -0.15) is 5.26 Å². The van der Waals surface area contributed by atoms with Gasteiger partial charge in [-0.3, -0.25) is 9.78 Å². The van der Waals surface area contributed by atoms with E-state index >= 15 is 0 Å². The van der Waals surface area contributed by atoms with Gasteiger partial charge in [-0.1, -0.05) is 18.2 Å². The highest BCUT2D eigenvalue weighted by molar-refractivity contribution is 7.16. The van der Waals surface area contributed by atoms with Gasteiger partial charge in [0, 0.05) is 11.1 Å². The first-order chi connectivity index (χ1) is 13.6. The molecule has 140 valence electrons. The molecule has 7 nitrogen and oxygen atoms in total. The molecule has 0 spiro atoms. The second kappa shape index (κ2) is 7.29. The number of hydrogen-bond donors (Lipinski definition) is 2. The van der Waals surface area contributed by atoms with Gasteiger partial charge in [0.15, 0.2) is 0 Å². The number of aromatic hydroxyl groups is 1. The molecule has 28 heavy (non-hydrogen) atoms. The molecule has 0 saturated carbocycles. The summed E-state index contributed by atoms with van der Waals surface area (Å²) in [6, 6.07) is 10.7. The number of rotatable bonds is 3. The van der Waals surface area contributed by atoms with Crippen molar-refractivity contribution in [1.29, 1.82) is 5.26 Å². The molecule has 4 rings (SSSR count). The van der Waals surface area contributed by atoms with Gasteiger partial charge in [0.2, 0.25) is 5.88 Å². The highest BCUT2D eigenvalue weighted by Crippen LogP contribution is 2.39. The Morgan fingerprint density at radius 2 is 1.96 bits per heavy atom. The summed E-state index contributed by atoms with van der Waals surface area (Å²) < 4.78 is 1.01. The summed E-state index contributed by atoms with van der Waals surface area (Å²) in [5, 5.41) is 20.6. The normalized spacial score (nSPS) is 13.4. The summed E-state index contributed by atoms with van der Waals surface area (Å²) in [4.78, 5) is 32.1. The molecular weight excluding hydrogens is 376 g/mol. The standard InChI is InChI=1S/C20H16N4O3S/c21-10-14-13-8-4-5-9-16(13)28-18(14)22-11-15-17(25)23-20(27)24(19(15)26)12-6-2-1-3-7-12/h1-3,6-7,11,26H,4-5,8-9H2,(H,23,25,27)/b22-11+. The molecule has 0 unspecified atom stereocenters. The van der Waals surface area contributed by atoms with Crippen molar-refractivity contribution in [3.63, 3.8) is 0 Å². The SMILES string of the molecule is N#Cc1c(/N=C/c2c(O)n(-c3ccccc3)c(=O)[nH]c2=O)sc2c1CCCC2. The van der Waals surface area contributed by atoms with E-state index in [1.54, 1.807) is 30.3 Å². The number of benzene rings is 1. The zero-order valence-corrected chi connectivity index (χ0v) is 15.6. The van der Waals surface area contributed by atoms with Crippen LogP contribution < -0.4 is 11.2 Å². The number of nitrogens with one attached hydrogen (secondary N) is 1. The minimum Gasteiger partial charge on any atom is -0.493 e. The van der Waals surface area contributed by atoms with Gasteiger partial charge in [-0.15, -0.1) is 11.3 Å². The number of aromatic amines is 1. The van der Waals surface area contributed by atoms with E-state index < -0.39 is 17.1 Å². The first-order valence-corrected chi connectivity index (χ1v) is 9.64. The van der Waals surface area contributed by atoms with Gasteiger partial charge in [-0.05, 0) is 43.4 Å². The predicted octanol–water partition coefficient (Wildman–Crippen LogP) is 2.79. The third-order valence-electron chi connectivity index (χ3n) is 4.71. The fourth-order valence-corrected chi connectivity index (χ4v) is 4.54. The summed E-state index contributed by atoms with van der Waals surface area (Å²) in [6.07, 6.45) is 5.13. The molecular formula is C20H16N4O3S. The second-order valence-electron chi connectivity index (χ2n) is 6.43. The maximum atomic E-state index is 12.2. The predicted molar refractivity (Wildman–Crippen MR) is 107 cm³/mol. The number of aromatic nitrogens is 2. The van der Waals surface area contributed by atoms with Crippen LogP contribution in [0.15, 0.2) is 44.9 Å². The number of aryl methyl sites for hydroxylation is 1. The zero-order valence-electron chi connectivity index (χ0n) is 14.8. The molecule has 0 fully saturated rings. The van der Waals surface area contributed by atoms with Crippen LogP contribution in [0.5, 0.6) is 5.88 Å². The molecule has 8 heteroatoms. The molecule has 0 amide bonds. The van der Waals surface area contributed by atoms with E-state index in [-0.39, 0.29) is 5.56 Å². The summed E-state index contributed by atoms with van der Waals surface area (Å²) in [6.45, 7) is 0. The summed E-state index contributed by atoms with van der Waals surface area (Å²) >= 11 is 1.44. The molecule has 0 bridgehead atoms. The molecule has 2 aromatic heterocycles. The summed E-state index contributed by atoms with van der Waals surface area (Å²) in [7, 11) is 0. The van der Waals surface area contributed by atoms with E-state index in [1.165, 1.54) is 17.6 Å². The maximum absolute atomic E-state index is 12.2. The van der Waals surface area contributed by atoms with Crippen molar-refractivity contribution >= 4 is 22.6 Å². The van der Waals surface area contributed by atoms with Gasteiger partial charge in [0.25, 0.3) is 5.56 Å². The van der Waals surface area contributed by atoms with Crippen molar-refractivity contribution in [2.45, 2.75) is 25.7 Å². The molecule has 3 aromatic rings. The van der Waals surface area contributed by atoms with Crippen LogP contribution in [0.25, 0.3) is 5.69 Å². The molecule has 1 aromatic carbocycles. The van der Waals surface area contributed by atoms with Gasteiger partial charge in [0.1, 0.15) is 16.6 Å². The lowest BCUT2D eigenvalue weighted by Gasteiger charge is -2.09. The molecule has 2 heterocycles. The molecule has 2 N–H and O–H groups in total. The van der Waals surface area contributed by atoms with Crippen LogP contribution in [0.4, 0.5) is 5.00 Å². The van der Waals surface area contributed by atoms with Gasteiger partial charge >= 0.3 is 5.69 Å². The van der Waals surface area contributed by atoms with Gasteiger partial charge < -0.3 is 5.11 Å². The lowest BCUT2D eigenvalue weighted by Crippen LogP contribution is -2.31. The van der Waals surface area contributed by atoms with Crippen LogP contribution in [-0.4, -0.2) is 20.9 Å². The molecule has 1 aliphatic rings. The summed E-state index contributed by atoms with van der Waals surface area (Å²) in [5.41, 5.74) is 0.369. The Morgan fingerprint density at radius 1 is 1.21 bits per heavy atom. The quantitative estimate of drug-likeness (QED) is 0.668. The highest BCUT2D eigenvalue weighted by atomic mass is 32.1. The topological polar surface area (TPSA) is 111 Å². The fraction of sp³-hybridized carbons (Fsp3) is 0.200. The molecule has 0 atom stereocenters. The van der Waals surface area contributed by atoms with Crippen LogP contribution in [0.2, 0.25) is 0 Å². The molecule has 0 radical (unpaired) electrons. The van der Waals surface area contributed by atoms with E-state index in [0.717, 1.165) is 40.7 Å². The van der Waals surface area contributed by atoms with Crippen LogP contribution in [-0.2, 0) is 12.8 Å². The van der Waals surface area contributed by atoms with Gasteiger partial charge in [0.05, 0.1) is 11.3 Å². The second-order valence-corrected chi connectivity index (χ2v) is 7.51. The van der Waals surface area contributed by atoms with E-state index in [4.69, 9.17) is 0 Å². The number of H-pyrrole nitrogens is 1. The minimum atomic E-state index is -0.741. The number of aliphatic imine (C=N–C) groups is 1. The van der Waals surface area contributed by atoms with Crippen molar-refractivity contribution in [1.82, 2.24) is 9.55 Å². The average molecular weight is 392 g/mol. The highest BCUT2D eigenvalue weighted by Gasteiger charge is 2.21. The van der Waals surface area contributed by atoms with E-state index in [2.05, 4.69) is 16.0 Å². The average Bonchev–Trinajstić information content (AvgIpc) is 3.05. The number of nitrogens with zero attached hydrogens (tertiary/aromatic N) is 3. The van der Waals surface area contributed by atoms with Crippen molar-refractivity contribution < 1.29 is 5.11 Å². The van der Waals surface area contributed by atoms with Crippen molar-refractivity contribution in [2.24, 2.45) is 4.99 Å². The Bertz CT molecular complexity index is 1230. The third-order valence-corrected chi connectivity index (χ3v) is 5.91. The Labute approximate surface area is 163 Å². The smallest absolute Gasteiger partial charge is 0.335 e. The van der Waals surface area contributed by atoms with E-state index in [9.17, 15) is 20.0 Å². The first kappa shape index (κ1) is 17.9. The molecule has 0 saturated heterocycles. The Balaban J connectivity index is 1.82. The minimum absolute atomic E-state index is 0.140. The van der Waals surface area contributed by atoms with E-state index in [0.29, 0.717) is 16.3 Å². The van der Waals surface area contributed by atoms with Crippen LogP contribution in [0.3, 0.4) is 0 Å². The maximum Gasteiger partial charge on any atom is 0.335 e. The van der Waals surface area contributed by atoms with Crippen LogP contribution in [0, 0.1) is 11.3 Å². The Morgan fingerprint density at radius 3 is 2.71 bits per heavy atom. The number of para-hydroxylation sites is 1. The largest absolute Gasteiger partial charge is 0.493 e. The van der Waals surface area contributed by atoms with Crippen molar-refractivity contribution in [3.8, 4) is 17.6 Å². The first-order valence-electron chi connectivity index (χ1n) is 8.82. The monoisotopic (exact) mass is 392 g/mol. The fourth-order valence-electron chi connectivity index (χ4n) is 3.35. The van der Waals surface area contributed by atoms with Crippen LogP contribution >= 0.6 is 11.3 Å². The van der Waals surface area contributed by atoms with Gasteiger partial charge in [-0.25, -0.2) is 14.4 Å². The number of fused-ring (bicyclic) bond motifs is 1. The zero-order chi connectivity index (χ0) is 19.7. The lowest BCUT2D eigenvalue weighted by molar-refractivity contribution is 0.430. The van der Waals surface area contributed by atoms with Crippen molar-refractivity contribution in [2.75, 3.05) is 0 Å². The lowest BCUT2D eigenvalue weighted by atomic mass is 9.96. The third kappa shape index (κ3) is 3.06. The number of nitriles is 1. The van der Waals surface area contributed by atoms with E-state index in [1.807, 2.05) is 0 Å². The number of hydrogen-bond acceptors (Lipinski definition) is 6. The van der Waals surface area contributed by atoms with Crippen LogP contribution in [0.1, 0.15) is 34.4 Å². The Hall–Kier alpha value is -3.44. The Kier molecular flexibility index (Phi) is 4.67. The molecule has 1 aliphatic carbocycles. The summed E-state index contributed by atoms with van der Waals surface area (Å²) in [5.74, 6) is -0.497.